The van der Waals surface area contributed by atoms with E-state index >= 15 is 0 Å². The molecule has 0 spiro atoms. The molecule has 0 aromatic heterocycles. The van der Waals surface area contributed by atoms with Crippen molar-refractivity contribution in [3.63, 3.8) is 0 Å². The molecular formula is C14H22BrNO. The minimum atomic E-state index is 0.260. The minimum Gasteiger partial charge on any atom is -0.396 e. The highest BCUT2D eigenvalue weighted by Gasteiger charge is 2.10. The van der Waals surface area contributed by atoms with Crippen LogP contribution in [0.5, 0.6) is 0 Å². The summed E-state index contributed by atoms with van der Waals surface area (Å²) in [6.07, 6.45) is 2.92. The van der Waals surface area contributed by atoms with Crippen LogP contribution in [0.1, 0.15) is 32.3 Å². The lowest BCUT2D eigenvalue weighted by atomic mass is 10.0. The number of rotatable bonds is 7. The van der Waals surface area contributed by atoms with Gasteiger partial charge < -0.3 is 10.4 Å². The Morgan fingerprint density at radius 3 is 2.47 bits per heavy atom. The van der Waals surface area contributed by atoms with Crippen molar-refractivity contribution < 1.29 is 5.11 Å². The van der Waals surface area contributed by atoms with E-state index < -0.39 is 0 Å². The van der Waals surface area contributed by atoms with E-state index in [1.165, 1.54) is 5.56 Å². The Labute approximate surface area is 113 Å². The molecule has 0 aliphatic rings. The van der Waals surface area contributed by atoms with Crippen LogP contribution < -0.4 is 5.32 Å². The van der Waals surface area contributed by atoms with Gasteiger partial charge in [0.05, 0.1) is 0 Å². The number of hydrogen-bond acceptors (Lipinski definition) is 2. The number of nitrogens with one attached hydrogen (secondary N) is 1. The number of halogens is 1. The molecule has 2 atom stereocenters. The molecule has 2 unspecified atom stereocenters. The summed E-state index contributed by atoms with van der Waals surface area (Å²) in [6, 6.07) is 9.31. The standard InChI is InChI=1S/C14H22BrNO/c1-3-14(8-9-17)16-11(2)10-12-4-6-13(15)7-5-12/h4-7,11,14,16-17H,3,8-10H2,1-2H3. The largest absolute Gasteiger partial charge is 0.396 e. The van der Waals surface area contributed by atoms with E-state index in [1.807, 2.05) is 0 Å². The van der Waals surface area contributed by atoms with Gasteiger partial charge in [-0.15, -0.1) is 0 Å². The highest BCUT2D eigenvalue weighted by molar-refractivity contribution is 9.10. The average Bonchev–Trinajstić information content (AvgIpc) is 2.31. The van der Waals surface area contributed by atoms with E-state index in [-0.39, 0.29) is 6.61 Å². The third kappa shape index (κ3) is 5.66. The van der Waals surface area contributed by atoms with Crippen LogP contribution in [0.3, 0.4) is 0 Å². The molecule has 1 rings (SSSR count). The summed E-state index contributed by atoms with van der Waals surface area (Å²) in [5, 5.41) is 12.5. The fraction of sp³-hybridized carbons (Fsp3) is 0.571. The van der Waals surface area contributed by atoms with Gasteiger partial charge in [0.15, 0.2) is 0 Å². The van der Waals surface area contributed by atoms with E-state index in [1.54, 1.807) is 0 Å². The first kappa shape index (κ1) is 14.7. The summed E-state index contributed by atoms with van der Waals surface area (Å²) in [6.45, 7) is 4.61. The fourth-order valence-corrected chi connectivity index (χ4v) is 2.26. The molecule has 0 radical (unpaired) electrons. The first-order chi connectivity index (χ1) is 8.15. The monoisotopic (exact) mass is 299 g/mol. The molecule has 0 bridgehead atoms. The second-order valence-electron chi connectivity index (χ2n) is 4.52. The first-order valence-electron chi connectivity index (χ1n) is 6.27. The maximum absolute atomic E-state index is 8.96. The lowest BCUT2D eigenvalue weighted by molar-refractivity contribution is 0.256. The molecule has 0 saturated carbocycles. The Morgan fingerprint density at radius 2 is 1.94 bits per heavy atom. The van der Waals surface area contributed by atoms with E-state index in [0.717, 1.165) is 23.7 Å². The van der Waals surface area contributed by atoms with Crippen molar-refractivity contribution in [3.05, 3.63) is 34.3 Å². The summed E-state index contributed by atoms with van der Waals surface area (Å²) >= 11 is 3.44. The molecular weight excluding hydrogens is 278 g/mol. The molecule has 0 aliphatic heterocycles. The third-order valence-electron chi connectivity index (χ3n) is 2.95. The van der Waals surface area contributed by atoms with Gasteiger partial charge in [-0.1, -0.05) is 35.0 Å². The van der Waals surface area contributed by atoms with Crippen molar-refractivity contribution in [2.75, 3.05) is 6.61 Å². The molecule has 3 heteroatoms. The Bertz CT molecular complexity index is 313. The summed E-state index contributed by atoms with van der Waals surface area (Å²) in [5.74, 6) is 0. The van der Waals surface area contributed by atoms with Crippen LogP contribution in [0, 0.1) is 0 Å². The second-order valence-corrected chi connectivity index (χ2v) is 5.43. The molecule has 0 aliphatic carbocycles. The molecule has 17 heavy (non-hydrogen) atoms. The van der Waals surface area contributed by atoms with Crippen LogP contribution in [0.2, 0.25) is 0 Å². The molecule has 2 nitrogen and oxygen atoms in total. The van der Waals surface area contributed by atoms with Crippen LogP contribution in [-0.2, 0) is 6.42 Å². The zero-order valence-corrected chi connectivity index (χ0v) is 12.2. The van der Waals surface area contributed by atoms with Crippen molar-refractivity contribution in [2.45, 2.75) is 45.2 Å². The highest BCUT2D eigenvalue weighted by atomic mass is 79.9. The fourth-order valence-electron chi connectivity index (χ4n) is 2.00. The molecule has 0 heterocycles. The molecule has 1 aromatic carbocycles. The van der Waals surface area contributed by atoms with Gasteiger partial charge in [0, 0.05) is 23.2 Å². The van der Waals surface area contributed by atoms with Gasteiger partial charge in [0.25, 0.3) is 0 Å². The molecule has 2 N–H and O–H groups in total. The van der Waals surface area contributed by atoms with Gasteiger partial charge in [-0.05, 0) is 43.9 Å². The quantitative estimate of drug-likeness (QED) is 0.811. The first-order valence-corrected chi connectivity index (χ1v) is 7.06. The van der Waals surface area contributed by atoms with Crippen molar-refractivity contribution in [1.29, 1.82) is 0 Å². The van der Waals surface area contributed by atoms with Crippen LogP contribution in [0.4, 0.5) is 0 Å². The van der Waals surface area contributed by atoms with Gasteiger partial charge in [0.2, 0.25) is 0 Å². The topological polar surface area (TPSA) is 32.3 Å². The van der Waals surface area contributed by atoms with Gasteiger partial charge in [-0.25, -0.2) is 0 Å². The van der Waals surface area contributed by atoms with Crippen LogP contribution in [0.15, 0.2) is 28.7 Å². The zero-order valence-electron chi connectivity index (χ0n) is 10.6. The number of benzene rings is 1. The summed E-state index contributed by atoms with van der Waals surface area (Å²) in [4.78, 5) is 0. The Hall–Kier alpha value is -0.380. The third-order valence-corrected chi connectivity index (χ3v) is 3.47. The van der Waals surface area contributed by atoms with E-state index in [0.29, 0.717) is 12.1 Å². The molecule has 0 fully saturated rings. The second kappa shape index (κ2) is 7.85. The van der Waals surface area contributed by atoms with Crippen molar-refractivity contribution in [1.82, 2.24) is 5.32 Å². The van der Waals surface area contributed by atoms with Gasteiger partial charge >= 0.3 is 0 Å². The minimum absolute atomic E-state index is 0.260. The summed E-state index contributed by atoms with van der Waals surface area (Å²) in [7, 11) is 0. The van der Waals surface area contributed by atoms with Crippen LogP contribution >= 0.6 is 15.9 Å². The zero-order chi connectivity index (χ0) is 12.7. The Morgan fingerprint density at radius 1 is 1.29 bits per heavy atom. The highest BCUT2D eigenvalue weighted by Crippen LogP contribution is 2.12. The maximum atomic E-state index is 8.96. The maximum Gasteiger partial charge on any atom is 0.0445 e. The SMILES string of the molecule is CCC(CCO)NC(C)Cc1ccc(Br)cc1. The number of aliphatic hydroxyl groups excluding tert-OH is 1. The predicted octanol–water partition coefficient (Wildman–Crippen LogP) is 3.13. The molecule has 96 valence electrons. The van der Waals surface area contributed by atoms with E-state index in [9.17, 15) is 0 Å². The van der Waals surface area contributed by atoms with Gasteiger partial charge in [-0.2, -0.15) is 0 Å². The van der Waals surface area contributed by atoms with Crippen molar-refractivity contribution in [3.8, 4) is 0 Å². The average molecular weight is 300 g/mol. The lowest BCUT2D eigenvalue weighted by Crippen LogP contribution is -2.38. The van der Waals surface area contributed by atoms with Gasteiger partial charge in [-0.3, -0.25) is 0 Å². The van der Waals surface area contributed by atoms with Crippen LogP contribution in [0.25, 0.3) is 0 Å². The molecule has 0 saturated heterocycles. The Kier molecular flexibility index (Phi) is 6.78. The summed E-state index contributed by atoms with van der Waals surface area (Å²) in [5.41, 5.74) is 1.34. The summed E-state index contributed by atoms with van der Waals surface area (Å²) < 4.78 is 1.12. The van der Waals surface area contributed by atoms with Gasteiger partial charge in [0.1, 0.15) is 0 Å². The molecule has 1 aromatic rings. The molecule has 0 amide bonds. The number of aliphatic hydroxyl groups is 1. The number of hydrogen-bond donors (Lipinski definition) is 2. The normalized spacial score (nSPS) is 14.6. The predicted molar refractivity (Wildman–Crippen MR) is 76.2 cm³/mol. The smallest absolute Gasteiger partial charge is 0.0445 e. The van der Waals surface area contributed by atoms with E-state index in [4.69, 9.17) is 5.11 Å². The van der Waals surface area contributed by atoms with E-state index in [2.05, 4.69) is 59.4 Å². The Balaban J connectivity index is 2.42. The van der Waals surface area contributed by atoms with Crippen LogP contribution in [-0.4, -0.2) is 23.8 Å². The van der Waals surface area contributed by atoms with Crippen molar-refractivity contribution >= 4 is 15.9 Å². The lowest BCUT2D eigenvalue weighted by Gasteiger charge is -2.21. The van der Waals surface area contributed by atoms with Crippen molar-refractivity contribution in [2.24, 2.45) is 0 Å².